The Balaban J connectivity index is 1.81. The first kappa shape index (κ1) is 21.1. The largest absolute Gasteiger partial charge is 0.290 e. The number of rotatable bonds is 5. The molecular formula is C24H26N4O2S. The molecule has 3 aromatic rings. The molecule has 0 spiro atoms. The molecule has 31 heavy (non-hydrogen) atoms. The molecule has 0 aliphatic heterocycles. The number of nitrogens with zero attached hydrogens (tertiary/aromatic N) is 3. The summed E-state index contributed by atoms with van der Waals surface area (Å²) in [6, 6.07) is 13.1. The summed E-state index contributed by atoms with van der Waals surface area (Å²) in [5.74, 6) is 4.32. The highest BCUT2D eigenvalue weighted by atomic mass is 32.2. The minimum atomic E-state index is -2.93. The molecule has 0 radical (unpaired) electrons. The molecule has 7 heteroatoms. The van der Waals surface area contributed by atoms with Gasteiger partial charge in [0.1, 0.15) is 0 Å². The maximum Gasteiger partial charge on any atom is 0.201 e. The van der Waals surface area contributed by atoms with Crippen molar-refractivity contribution < 1.29 is 9.42 Å². The number of aromatic nitrogens is 2. The monoisotopic (exact) mass is 434 g/mol. The van der Waals surface area contributed by atoms with Gasteiger partial charge in [0.15, 0.2) is 5.82 Å². The molecule has 2 N–H and O–H groups in total. The molecule has 1 heterocycles. The number of allylic oxidation sites excluding steroid dienone is 1. The van der Waals surface area contributed by atoms with Gasteiger partial charge in [0, 0.05) is 4.90 Å². The molecule has 0 saturated carbocycles. The Morgan fingerprint density at radius 2 is 1.77 bits per heavy atom. The van der Waals surface area contributed by atoms with Crippen LogP contribution in [0.5, 0.6) is 0 Å². The van der Waals surface area contributed by atoms with Gasteiger partial charge in [0.25, 0.3) is 0 Å². The Hall–Kier alpha value is -3.16. The van der Waals surface area contributed by atoms with E-state index in [2.05, 4.69) is 15.6 Å². The highest BCUT2D eigenvalue weighted by Crippen LogP contribution is 2.33. The van der Waals surface area contributed by atoms with Crippen LogP contribution in [0.3, 0.4) is 0 Å². The summed E-state index contributed by atoms with van der Waals surface area (Å²) in [4.78, 5) is 9.90. The molecule has 6 nitrogen and oxygen atoms in total. The number of aryl methyl sites for hydroxylation is 4. The SMILES string of the molecule is C=S(=O)(Nc1nc2c(nc1N(O)c1ccc(C)cc1C)CCC=C2)c1ccc(C)cc1. The van der Waals surface area contributed by atoms with Crippen LogP contribution in [0.15, 0.2) is 53.4 Å². The third kappa shape index (κ3) is 4.33. The number of anilines is 3. The van der Waals surface area contributed by atoms with Crippen molar-refractivity contribution in [3.63, 3.8) is 0 Å². The Labute approximate surface area is 183 Å². The van der Waals surface area contributed by atoms with Crippen LogP contribution in [-0.2, 0) is 16.1 Å². The molecular weight excluding hydrogens is 408 g/mol. The quantitative estimate of drug-likeness (QED) is 0.437. The molecule has 0 saturated heterocycles. The minimum absolute atomic E-state index is 0.199. The van der Waals surface area contributed by atoms with Crippen molar-refractivity contribution in [2.75, 3.05) is 9.79 Å². The number of hydrogen-bond donors (Lipinski definition) is 2. The van der Waals surface area contributed by atoms with Gasteiger partial charge < -0.3 is 0 Å². The van der Waals surface area contributed by atoms with Crippen LogP contribution in [0.1, 0.15) is 34.5 Å². The lowest BCUT2D eigenvalue weighted by Crippen LogP contribution is -2.22. The van der Waals surface area contributed by atoms with E-state index in [-0.39, 0.29) is 11.6 Å². The summed E-state index contributed by atoms with van der Waals surface area (Å²) in [5.41, 5.74) is 5.12. The Morgan fingerprint density at radius 1 is 1.06 bits per heavy atom. The molecule has 160 valence electrons. The fraction of sp³-hybridized carbons (Fsp3) is 0.208. The van der Waals surface area contributed by atoms with Crippen molar-refractivity contribution in [2.24, 2.45) is 0 Å². The van der Waals surface area contributed by atoms with Crippen molar-refractivity contribution in [2.45, 2.75) is 38.5 Å². The zero-order valence-corrected chi connectivity index (χ0v) is 18.7. The number of nitrogens with one attached hydrogen (secondary N) is 1. The summed E-state index contributed by atoms with van der Waals surface area (Å²) < 4.78 is 16.4. The zero-order valence-electron chi connectivity index (χ0n) is 17.9. The predicted octanol–water partition coefficient (Wildman–Crippen LogP) is 4.99. The molecule has 1 aliphatic carbocycles. The highest BCUT2D eigenvalue weighted by Gasteiger charge is 2.23. The average molecular weight is 435 g/mol. The van der Waals surface area contributed by atoms with Gasteiger partial charge in [-0.05, 0) is 69.3 Å². The van der Waals surface area contributed by atoms with E-state index >= 15 is 0 Å². The fourth-order valence-electron chi connectivity index (χ4n) is 3.55. The molecule has 1 aromatic heterocycles. The molecule has 1 atom stereocenters. The van der Waals surface area contributed by atoms with Gasteiger partial charge in [-0.2, -0.15) is 0 Å². The second-order valence-corrected chi connectivity index (χ2v) is 9.89. The molecule has 2 aromatic carbocycles. The molecule has 1 unspecified atom stereocenters. The van der Waals surface area contributed by atoms with Crippen LogP contribution in [0.4, 0.5) is 17.3 Å². The van der Waals surface area contributed by atoms with Gasteiger partial charge in [0.2, 0.25) is 5.82 Å². The van der Waals surface area contributed by atoms with E-state index in [1.165, 1.54) is 0 Å². The van der Waals surface area contributed by atoms with E-state index in [0.717, 1.165) is 40.3 Å². The lowest BCUT2D eigenvalue weighted by Gasteiger charge is -2.24. The summed E-state index contributed by atoms with van der Waals surface area (Å²) >= 11 is 0. The Bertz CT molecular complexity index is 1270. The van der Waals surface area contributed by atoms with Crippen LogP contribution in [0, 0.1) is 20.8 Å². The second kappa shape index (κ2) is 8.17. The van der Waals surface area contributed by atoms with Crippen LogP contribution >= 0.6 is 0 Å². The lowest BCUT2D eigenvalue weighted by molar-refractivity contribution is 0.297. The maximum absolute atomic E-state index is 13.5. The number of fused-ring (bicyclic) bond motifs is 1. The van der Waals surface area contributed by atoms with Crippen molar-refractivity contribution in [1.29, 1.82) is 0 Å². The van der Waals surface area contributed by atoms with Crippen molar-refractivity contribution in [3.05, 3.63) is 76.6 Å². The maximum atomic E-state index is 13.5. The summed E-state index contributed by atoms with van der Waals surface area (Å²) in [5, 5.41) is 12.1. The first-order chi connectivity index (χ1) is 14.7. The molecule has 0 fully saturated rings. The summed E-state index contributed by atoms with van der Waals surface area (Å²) in [6.45, 7) is 5.88. The van der Waals surface area contributed by atoms with E-state index in [4.69, 9.17) is 4.98 Å². The van der Waals surface area contributed by atoms with E-state index in [0.29, 0.717) is 16.3 Å². The van der Waals surface area contributed by atoms with Gasteiger partial charge >= 0.3 is 0 Å². The predicted molar refractivity (Wildman–Crippen MR) is 128 cm³/mol. The van der Waals surface area contributed by atoms with Crippen molar-refractivity contribution in [3.8, 4) is 0 Å². The van der Waals surface area contributed by atoms with Gasteiger partial charge in [0.05, 0.1) is 26.8 Å². The highest BCUT2D eigenvalue weighted by molar-refractivity contribution is 8.01. The number of hydrogen-bond acceptors (Lipinski definition) is 5. The molecule has 1 aliphatic rings. The van der Waals surface area contributed by atoms with Crippen LogP contribution < -0.4 is 9.79 Å². The zero-order chi connectivity index (χ0) is 22.2. The minimum Gasteiger partial charge on any atom is -0.290 e. The third-order valence-electron chi connectivity index (χ3n) is 5.25. The van der Waals surface area contributed by atoms with E-state index in [1.807, 2.05) is 63.3 Å². The second-order valence-electron chi connectivity index (χ2n) is 7.86. The Morgan fingerprint density at radius 3 is 2.48 bits per heavy atom. The third-order valence-corrected chi connectivity index (χ3v) is 6.81. The fourth-order valence-corrected chi connectivity index (χ4v) is 4.69. The lowest BCUT2D eigenvalue weighted by atomic mass is 10.1. The number of benzene rings is 2. The molecule has 4 rings (SSSR count). The molecule has 0 bridgehead atoms. The van der Waals surface area contributed by atoms with Crippen molar-refractivity contribution in [1.82, 2.24) is 9.97 Å². The first-order valence-electron chi connectivity index (χ1n) is 10.1. The van der Waals surface area contributed by atoms with E-state index < -0.39 is 9.71 Å². The smallest absolute Gasteiger partial charge is 0.201 e. The summed E-state index contributed by atoms with van der Waals surface area (Å²) in [7, 11) is -2.93. The van der Waals surface area contributed by atoms with E-state index in [9.17, 15) is 9.42 Å². The van der Waals surface area contributed by atoms with Crippen molar-refractivity contribution >= 4 is 39.0 Å². The topological polar surface area (TPSA) is 78.4 Å². The average Bonchev–Trinajstić information content (AvgIpc) is 2.73. The van der Waals surface area contributed by atoms with Crippen LogP contribution in [0.25, 0.3) is 6.08 Å². The van der Waals surface area contributed by atoms with E-state index in [1.54, 1.807) is 12.1 Å². The van der Waals surface area contributed by atoms with Gasteiger partial charge in [-0.15, -0.1) is 0 Å². The Kier molecular flexibility index (Phi) is 5.56. The first-order valence-corrected chi connectivity index (χ1v) is 11.8. The van der Waals surface area contributed by atoms with Gasteiger partial charge in [-0.25, -0.2) is 19.2 Å². The van der Waals surface area contributed by atoms with Crippen LogP contribution in [0.2, 0.25) is 0 Å². The van der Waals surface area contributed by atoms with Gasteiger partial charge in [-0.1, -0.05) is 41.5 Å². The summed E-state index contributed by atoms with van der Waals surface area (Å²) in [6.07, 6.45) is 5.52. The normalized spacial score (nSPS) is 14.6. The van der Waals surface area contributed by atoms with Crippen LogP contribution in [-0.4, -0.2) is 25.3 Å². The van der Waals surface area contributed by atoms with Gasteiger partial charge in [-0.3, -0.25) is 9.93 Å². The molecule has 0 amide bonds. The standard InChI is InChI=1S/C24H26N4O2S/c1-16-9-12-19(13-10-16)31(4,30)27-23-24(26-21-8-6-5-7-20(21)25-23)28(29)22-14-11-17(2)15-18(22)3/h5,7,9-15,29H,4,6,8H2,1-3H3,(H,25,27,30).